The largest absolute Gasteiger partial charge is 0.377 e. The van der Waals surface area contributed by atoms with Crippen LogP contribution in [0.25, 0.3) is 0 Å². The maximum Gasteiger partial charge on any atom is 0.0739 e. The van der Waals surface area contributed by atoms with Gasteiger partial charge in [-0.2, -0.15) is 0 Å². The van der Waals surface area contributed by atoms with E-state index in [-0.39, 0.29) is 0 Å². The Labute approximate surface area is 55.5 Å². The Morgan fingerprint density at radius 1 is 1.78 bits per heavy atom. The molecule has 0 saturated carbocycles. The van der Waals surface area contributed by atoms with Gasteiger partial charge in [-0.1, -0.05) is 6.92 Å². The predicted molar refractivity (Wildman–Crippen MR) is 35.7 cm³/mol. The molecule has 0 radical (unpaired) electrons. The standard InChI is InChI=1S/C6H14N2O/c1-5-2-3-9-6(5)4-8-7/h5-6,8H,2-4,7H2,1H3. The van der Waals surface area contributed by atoms with Crippen molar-refractivity contribution in [3.63, 3.8) is 0 Å². The number of hydrogen-bond donors (Lipinski definition) is 2. The van der Waals surface area contributed by atoms with Crippen molar-refractivity contribution in [1.29, 1.82) is 0 Å². The first kappa shape index (κ1) is 6.99. The summed E-state index contributed by atoms with van der Waals surface area (Å²) in [6, 6.07) is 0. The third-order valence-electron chi connectivity index (χ3n) is 1.86. The van der Waals surface area contributed by atoms with Crippen LogP contribution < -0.4 is 11.3 Å². The van der Waals surface area contributed by atoms with E-state index in [0.717, 1.165) is 13.2 Å². The lowest BCUT2D eigenvalue weighted by Gasteiger charge is -2.12. The minimum atomic E-state index is 0.343. The third-order valence-corrected chi connectivity index (χ3v) is 1.86. The van der Waals surface area contributed by atoms with Crippen LogP contribution in [0, 0.1) is 5.92 Å². The minimum absolute atomic E-state index is 0.343. The summed E-state index contributed by atoms with van der Waals surface area (Å²) in [6.07, 6.45) is 1.52. The summed E-state index contributed by atoms with van der Waals surface area (Å²) in [5, 5.41) is 0. The van der Waals surface area contributed by atoms with Crippen molar-refractivity contribution in [3.05, 3.63) is 0 Å². The van der Waals surface area contributed by atoms with Gasteiger partial charge in [-0.15, -0.1) is 0 Å². The lowest BCUT2D eigenvalue weighted by atomic mass is 10.1. The molecule has 0 amide bonds. The van der Waals surface area contributed by atoms with Crippen molar-refractivity contribution in [1.82, 2.24) is 5.43 Å². The highest BCUT2D eigenvalue weighted by Gasteiger charge is 2.22. The first-order valence-electron chi connectivity index (χ1n) is 3.39. The Morgan fingerprint density at radius 2 is 2.56 bits per heavy atom. The molecule has 0 aliphatic carbocycles. The van der Waals surface area contributed by atoms with Crippen molar-refractivity contribution in [2.45, 2.75) is 19.4 Å². The highest BCUT2D eigenvalue weighted by Crippen LogP contribution is 2.18. The lowest BCUT2D eigenvalue weighted by molar-refractivity contribution is 0.0936. The molecule has 0 aromatic rings. The molecule has 1 aliphatic rings. The van der Waals surface area contributed by atoms with Gasteiger partial charge < -0.3 is 4.74 Å². The fourth-order valence-electron chi connectivity index (χ4n) is 1.13. The Bertz CT molecular complexity index is 87.1. The summed E-state index contributed by atoms with van der Waals surface area (Å²) in [5.41, 5.74) is 2.62. The van der Waals surface area contributed by atoms with Gasteiger partial charge in [-0.05, 0) is 12.3 Å². The molecule has 2 atom stereocenters. The van der Waals surface area contributed by atoms with Gasteiger partial charge in [-0.3, -0.25) is 11.3 Å². The number of nitrogens with two attached hydrogens (primary N) is 1. The molecule has 0 aromatic heterocycles. The topological polar surface area (TPSA) is 47.3 Å². The van der Waals surface area contributed by atoms with Crippen molar-refractivity contribution >= 4 is 0 Å². The molecule has 3 nitrogen and oxygen atoms in total. The van der Waals surface area contributed by atoms with Crippen LogP contribution in [0.15, 0.2) is 0 Å². The van der Waals surface area contributed by atoms with E-state index in [2.05, 4.69) is 12.3 Å². The van der Waals surface area contributed by atoms with Crippen molar-refractivity contribution in [2.24, 2.45) is 11.8 Å². The number of hydrazine groups is 1. The van der Waals surface area contributed by atoms with E-state index in [1.165, 1.54) is 6.42 Å². The highest BCUT2D eigenvalue weighted by molar-refractivity contribution is 4.73. The number of rotatable bonds is 2. The van der Waals surface area contributed by atoms with Gasteiger partial charge in [0.25, 0.3) is 0 Å². The van der Waals surface area contributed by atoms with Crippen LogP contribution in [0.4, 0.5) is 0 Å². The highest BCUT2D eigenvalue weighted by atomic mass is 16.5. The molecule has 0 aromatic carbocycles. The smallest absolute Gasteiger partial charge is 0.0739 e. The summed E-state index contributed by atoms with van der Waals surface area (Å²) in [7, 11) is 0. The van der Waals surface area contributed by atoms with Crippen LogP contribution in [0.3, 0.4) is 0 Å². The monoisotopic (exact) mass is 130 g/mol. The van der Waals surface area contributed by atoms with E-state index in [0.29, 0.717) is 12.0 Å². The SMILES string of the molecule is CC1CCOC1CNN. The van der Waals surface area contributed by atoms with E-state index in [1.807, 2.05) is 0 Å². The van der Waals surface area contributed by atoms with Gasteiger partial charge in [0.2, 0.25) is 0 Å². The van der Waals surface area contributed by atoms with E-state index < -0.39 is 0 Å². The summed E-state index contributed by atoms with van der Waals surface area (Å²) >= 11 is 0. The van der Waals surface area contributed by atoms with Gasteiger partial charge in [0.05, 0.1) is 6.10 Å². The van der Waals surface area contributed by atoms with Crippen LogP contribution in [0.5, 0.6) is 0 Å². The zero-order chi connectivity index (χ0) is 6.69. The van der Waals surface area contributed by atoms with Gasteiger partial charge in [0.15, 0.2) is 0 Å². The van der Waals surface area contributed by atoms with E-state index in [9.17, 15) is 0 Å². The van der Waals surface area contributed by atoms with Crippen molar-refractivity contribution < 1.29 is 4.74 Å². The molecule has 3 N–H and O–H groups in total. The van der Waals surface area contributed by atoms with E-state index in [1.54, 1.807) is 0 Å². The molecular formula is C6H14N2O. The third kappa shape index (κ3) is 1.64. The van der Waals surface area contributed by atoms with Gasteiger partial charge in [0, 0.05) is 13.2 Å². The Hall–Kier alpha value is -0.120. The molecule has 54 valence electrons. The molecular weight excluding hydrogens is 116 g/mol. The molecule has 0 bridgehead atoms. The average molecular weight is 130 g/mol. The van der Waals surface area contributed by atoms with Crippen LogP contribution >= 0.6 is 0 Å². The van der Waals surface area contributed by atoms with Gasteiger partial charge in [0.1, 0.15) is 0 Å². The van der Waals surface area contributed by atoms with Crippen LogP contribution in [0.2, 0.25) is 0 Å². The maximum atomic E-state index is 5.36. The number of nitrogens with one attached hydrogen (secondary N) is 1. The second kappa shape index (κ2) is 3.15. The van der Waals surface area contributed by atoms with Crippen molar-refractivity contribution in [2.75, 3.05) is 13.2 Å². The molecule has 1 fully saturated rings. The van der Waals surface area contributed by atoms with Crippen LogP contribution in [-0.2, 0) is 4.74 Å². The lowest BCUT2D eigenvalue weighted by Crippen LogP contribution is -2.34. The molecule has 9 heavy (non-hydrogen) atoms. The Kier molecular flexibility index (Phi) is 2.45. The Balaban J connectivity index is 2.22. The molecule has 1 rings (SSSR count). The first-order valence-corrected chi connectivity index (χ1v) is 3.39. The summed E-state index contributed by atoms with van der Waals surface area (Å²) in [4.78, 5) is 0. The second-order valence-electron chi connectivity index (χ2n) is 2.58. The summed E-state index contributed by atoms with van der Waals surface area (Å²) < 4.78 is 5.36. The first-order chi connectivity index (χ1) is 4.34. The molecule has 1 aliphatic heterocycles. The molecule has 2 unspecified atom stereocenters. The van der Waals surface area contributed by atoms with Crippen LogP contribution in [-0.4, -0.2) is 19.3 Å². The van der Waals surface area contributed by atoms with E-state index >= 15 is 0 Å². The fourth-order valence-corrected chi connectivity index (χ4v) is 1.13. The Morgan fingerprint density at radius 3 is 3.00 bits per heavy atom. The molecule has 1 saturated heterocycles. The van der Waals surface area contributed by atoms with E-state index in [4.69, 9.17) is 10.6 Å². The summed E-state index contributed by atoms with van der Waals surface area (Å²) in [6.45, 7) is 3.86. The molecule has 0 spiro atoms. The normalized spacial score (nSPS) is 35.3. The fraction of sp³-hybridized carbons (Fsp3) is 1.00. The number of ether oxygens (including phenoxy) is 1. The number of hydrogen-bond acceptors (Lipinski definition) is 3. The molecule has 1 heterocycles. The average Bonchev–Trinajstić information content (AvgIpc) is 2.18. The van der Waals surface area contributed by atoms with Crippen molar-refractivity contribution in [3.8, 4) is 0 Å². The van der Waals surface area contributed by atoms with Crippen LogP contribution in [0.1, 0.15) is 13.3 Å². The maximum absolute atomic E-state index is 5.36. The molecule has 3 heteroatoms. The minimum Gasteiger partial charge on any atom is -0.377 e. The zero-order valence-electron chi connectivity index (χ0n) is 5.76. The quantitative estimate of drug-likeness (QED) is 0.404. The van der Waals surface area contributed by atoms with Gasteiger partial charge >= 0.3 is 0 Å². The predicted octanol–water partition coefficient (Wildman–Crippen LogP) is -0.125. The van der Waals surface area contributed by atoms with Gasteiger partial charge in [-0.25, -0.2) is 0 Å². The zero-order valence-corrected chi connectivity index (χ0v) is 5.76. The second-order valence-corrected chi connectivity index (χ2v) is 2.58. The summed E-state index contributed by atoms with van der Waals surface area (Å²) in [5.74, 6) is 5.81.